The van der Waals surface area contributed by atoms with Crippen LogP contribution in [-0.4, -0.2) is 28.9 Å². The van der Waals surface area contributed by atoms with Crippen molar-refractivity contribution in [2.24, 2.45) is 0 Å². The third-order valence-electron chi connectivity index (χ3n) is 3.61. The predicted octanol–water partition coefficient (Wildman–Crippen LogP) is 3.06. The number of hydrogen-bond acceptors (Lipinski definition) is 4. The van der Waals surface area contributed by atoms with E-state index in [4.69, 9.17) is 0 Å². The highest BCUT2D eigenvalue weighted by molar-refractivity contribution is 7.09. The number of hydrogen-bond donors (Lipinski definition) is 1. The summed E-state index contributed by atoms with van der Waals surface area (Å²) in [4.78, 5) is 18.9. The van der Waals surface area contributed by atoms with Crippen molar-refractivity contribution < 1.29 is 9.18 Å². The predicted molar refractivity (Wildman–Crippen MR) is 85.4 cm³/mol. The summed E-state index contributed by atoms with van der Waals surface area (Å²) in [7, 11) is 0. The fourth-order valence-corrected chi connectivity index (χ4v) is 3.41. The molecule has 0 unspecified atom stereocenters. The fraction of sp³-hybridized carbons (Fsp3) is 0.375. The molecule has 2 aromatic rings. The first kappa shape index (κ1) is 15.1. The highest BCUT2D eigenvalue weighted by atomic mass is 32.1. The number of anilines is 1. The molecule has 1 aliphatic heterocycles. The second-order valence-corrected chi connectivity index (χ2v) is 6.39. The molecule has 0 aliphatic carbocycles. The molecular formula is C16H18FN3OS. The molecule has 2 heterocycles. The molecule has 1 fully saturated rings. The van der Waals surface area contributed by atoms with Crippen molar-refractivity contribution in [2.75, 3.05) is 18.4 Å². The summed E-state index contributed by atoms with van der Waals surface area (Å²) in [6.07, 6.45) is 2.73. The van der Waals surface area contributed by atoms with E-state index >= 15 is 0 Å². The Balaban J connectivity index is 1.54. The lowest BCUT2D eigenvalue weighted by molar-refractivity contribution is -0.115. The third-order valence-corrected chi connectivity index (χ3v) is 4.49. The minimum Gasteiger partial charge on any atom is -0.326 e. The largest absolute Gasteiger partial charge is 0.326 e. The van der Waals surface area contributed by atoms with E-state index in [9.17, 15) is 9.18 Å². The van der Waals surface area contributed by atoms with Crippen molar-refractivity contribution in [3.05, 3.63) is 46.2 Å². The van der Waals surface area contributed by atoms with Crippen molar-refractivity contribution >= 4 is 22.9 Å². The molecule has 0 spiro atoms. The van der Waals surface area contributed by atoms with Gasteiger partial charge in [-0.25, -0.2) is 9.37 Å². The lowest BCUT2D eigenvalue weighted by Crippen LogP contribution is -2.18. The average Bonchev–Trinajstić information content (AvgIpc) is 3.11. The van der Waals surface area contributed by atoms with Crippen LogP contribution >= 0.6 is 11.3 Å². The van der Waals surface area contributed by atoms with Gasteiger partial charge in [0.15, 0.2) is 0 Å². The van der Waals surface area contributed by atoms with Crippen molar-refractivity contribution in [2.45, 2.75) is 25.8 Å². The van der Waals surface area contributed by atoms with Gasteiger partial charge in [0, 0.05) is 11.1 Å². The van der Waals surface area contributed by atoms with Crippen molar-refractivity contribution in [1.29, 1.82) is 0 Å². The first-order valence-corrected chi connectivity index (χ1v) is 8.28. The summed E-state index contributed by atoms with van der Waals surface area (Å²) in [6.45, 7) is 3.14. The number of rotatable bonds is 5. The molecule has 1 aromatic heterocycles. The van der Waals surface area contributed by atoms with Crippen LogP contribution in [0, 0.1) is 5.82 Å². The van der Waals surface area contributed by atoms with Crippen LogP contribution in [0.25, 0.3) is 0 Å². The Morgan fingerprint density at radius 3 is 2.95 bits per heavy atom. The van der Waals surface area contributed by atoms with Gasteiger partial charge in [-0.2, -0.15) is 0 Å². The molecule has 116 valence electrons. The molecule has 3 rings (SSSR count). The van der Waals surface area contributed by atoms with Crippen LogP contribution in [0.5, 0.6) is 0 Å². The van der Waals surface area contributed by atoms with Gasteiger partial charge >= 0.3 is 0 Å². The lowest BCUT2D eigenvalue weighted by atomic mass is 10.3. The monoisotopic (exact) mass is 319 g/mol. The molecule has 0 atom stereocenters. The number of likely N-dealkylation sites (tertiary alicyclic amines) is 1. The Labute approximate surface area is 133 Å². The highest BCUT2D eigenvalue weighted by Gasteiger charge is 2.14. The maximum Gasteiger partial charge on any atom is 0.230 e. The minimum absolute atomic E-state index is 0.177. The number of nitrogens with one attached hydrogen (secondary N) is 1. The van der Waals surface area contributed by atoms with Gasteiger partial charge in [-0.1, -0.05) is 6.07 Å². The smallest absolute Gasteiger partial charge is 0.230 e. The number of benzene rings is 1. The number of amides is 1. The molecular weight excluding hydrogens is 301 g/mol. The number of halogens is 1. The number of carbonyl (C=O) groups is 1. The topological polar surface area (TPSA) is 45.2 Å². The van der Waals surface area contributed by atoms with Gasteiger partial charge in [0.1, 0.15) is 10.8 Å². The lowest BCUT2D eigenvalue weighted by Gasteiger charge is -2.11. The molecule has 1 amide bonds. The quantitative estimate of drug-likeness (QED) is 0.921. The standard InChI is InChI=1S/C16H18FN3OS/c17-12-4-3-5-13(8-12)18-15(21)9-14-11-22-16(19-14)10-20-6-1-2-7-20/h3-5,8,11H,1-2,6-7,9-10H2,(H,18,21). The molecule has 4 nitrogen and oxygen atoms in total. The summed E-state index contributed by atoms with van der Waals surface area (Å²) in [5.41, 5.74) is 1.24. The zero-order valence-electron chi connectivity index (χ0n) is 12.2. The van der Waals surface area contributed by atoms with Crippen LogP contribution in [0.1, 0.15) is 23.5 Å². The van der Waals surface area contributed by atoms with E-state index in [-0.39, 0.29) is 18.1 Å². The highest BCUT2D eigenvalue weighted by Crippen LogP contribution is 2.17. The second kappa shape index (κ2) is 6.98. The van der Waals surface area contributed by atoms with Crippen LogP contribution in [-0.2, 0) is 17.8 Å². The number of carbonyl (C=O) groups excluding carboxylic acids is 1. The van der Waals surface area contributed by atoms with E-state index in [1.807, 2.05) is 5.38 Å². The molecule has 0 saturated carbocycles. The van der Waals surface area contributed by atoms with Crippen molar-refractivity contribution in [3.8, 4) is 0 Å². The summed E-state index contributed by atoms with van der Waals surface area (Å²) in [6, 6.07) is 5.89. The van der Waals surface area contributed by atoms with Crippen LogP contribution < -0.4 is 5.32 Å². The molecule has 1 saturated heterocycles. The van der Waals surface area contributed by atoms with Crippen LogP contribution in [0.15, 0.2) is 29.6 Å². The zero-order chi connectivity index (χ0) is 15.4. The molecule has 0 radical (unpaired) electrons. The van der Waals surface area contributed by atoms with E-state index < -0.39 is 0 Å². The Kier molecular flexibility index (Phi) is 4.80. The molecule has 6 heteroatoms. The summed E-state index contributed by atoms with van der Waals surface area (Å²) >= 11 is 1.59. The van der Waals surface area contributed by atoms with Crippen molar-refractivity contribution in [3.63, 3.8) is 0 Å². The Hall–Kier alpha value is -1.79. The van der Waals surface area contributed by atoms with Gasteiger partial charge < -0.3 is 5.32 Å². The normalized spacial score (nSPS) is 15.1. The average molecular weight is 319 g/mol. The number of thiazole rings is 1. The molecule has 22 heavy (non-hydrogen) atoms. The third kappa shape index (κ3) is 4.11. The fourth-order valence-electron chi connectivity index (χ4n) is 2.57. The molecule has 1 aromatic carbocycles. The van der Waals surface area contributed by atoms with E-state index in [1.54, 1.807) is 23.5 Å². The zero-order valence-corrected chi connectivity index (χ0v) is 13.0. The van der Waals surface area contributed by atoms with Crippen molar-refractivity contribution in [1.82, 2.24) is 9.88 Å². The first-order valence-electron chi connectivity index (χ1n) is 7.40. The van der Waals surface area contributed by atoms with E-state index in [0.717, 1.165) is 30.3 Å². The Morgan fingerprint density at radius 2 is 2.18 bits per heavy atom. The van der Waals surface area contributed by atoms with E-state index in [1.165, 1.54) is 25.0 Å². The van der Waals surface area contributed by atoms with Crippen LogP contribution in [0.2, 0.25) is 0 Å². The first-order chi connectivity index (χ1) is 10.7. The minimum atomic E-state index is -0.362. The maximum atomic E-state index is 13.1. The van der Waals surface area contributed by atoms with Gasteiger partial charge in [0.2, 0.25) is 5.91 Å². The summed E-state index contributed by atoms with van der Waals surface area (Å²) in [5, 5.41) is 5.67. The van der Waals surface area contributed by atoms with Crippen LogP contribution in [0.3, 0.4) is 0 Å². The van der Waals surface area contributed by atoms with Gasteiger partial charge in [-0.3, -0.25) is 9.69 Å². The number of nitrogens with zero attached hydrogens (tertiary/aromatic N) is 2. The van der Waals surface area contributed by atoms with Crippen LogP contribution in [0.4, 0.5) is 10.1 Å². The summed E-state index contributed by atoms with van der Waals surface area (Å²) < 4.78 is 13.1. The van der Waals surface area contributed by atoms with Gasteiger partial charge in [0.05, 0.1) is 18.7 Å². The SMILES string of the molecule is O=C(Cc1csc(CN2CCCC2)n1)Nc1cccc(F)c1. The molecule has 1 N–H and O–H groups in total. The maximum absolute atomic E-state index is 13.1. The van der Waals surface area contributed by atoms with Gasteiger partial charge in [-0.05, 0) is 44.1 Å². The van der Waals surface area contributed by atoms with Gasteiger partial charge in [-0.15, -0.1) is 11.3 Å². The summed E-state index contributed by atoms with van der Waals surface area (Å²) in [5.74, 6) is -0.539. The molecule has 1 aliphatic rings. The number of aromatic nitrogens is 1. The molecule has 0 bridgehead atoms. The van der Waals surface area contributed by atoms with E-state index in [0.29, 0.717) is 5.69 Å². The Bertz CT molecular complexity index is 652. The van der Waals surface area contributed by atoms with E-state index in [2.05, 4.69) is 15.2 Å². The Morgan fingerprint density at radius 1 is 1.36 bits per heavy atom. The van der Waals surface area contributed by atoms with Gasteiger partial charge in [0.25, 0.3) is 0 Å². The second-order valence-electron chi connectivity index (χ2n) is 5.45.